The molecule has 1 aromatic heterocycles. The van der Waals surface area contributed by atoms with Crippen LogP contribution in [0.2, 0.25) is 5.02 Å². The molecule has 2 aromatic carbocycles. The van der Waals surface area contributed by atoms with E-state index in [1.165, 1.54) is 12.1 Å². The van der Waals surface area contributed by atoms with Crippen molar-refractivity contribution in [2.24, 2.45) is 0 Å². The van der Waals surface area contributed by atoms with Crippen molar-refractivity contribution >= 4 is 28.5 Å². The molecule has 4 nitrogen and oxygen atoms in total. The number of hydrogen-bond donors (Lipinski definition) is 1. The quantitative estimate of drug-likeness (QED) is 0.648. The smallest absolute Gasteiger partial charge is 0.287 e. The van der Waals surface area contributed by atoms with Gasteiger partial charge in [-0.25, -0.2) is 4.39 Å². The fraction of sp³-hybridized carbons (Fsp3) is 0.318. The number of halogens is 2. The van der Waals surface area contributed by atoms with E-state index in [0.29, 0.717) is 28.1 Å². The second kappa shape index (κ2) is 7.94. The lowest BCUT2D eigenvalue weighted by Crippen LogP contribution is -2.37. The van der Waals surface area contributed by atoms with Crippen LogP contribution in [0, 0.1) is 12.7 Å². The highest BCUT2D eigenvalue weighted by Gasteiger charge is 2.26. The van der Waals surface area contributed by atoms with Gasteiger partial charge < -0.3 is 9.73 Å². The highest BCUT2D eigenvalue weighted by Crippen LogP contribution is 2.30. The van der Waals surface area contributed by atoms with Gasteiger partial charge in [-0.1, -0.05) is 29.8 Å². The van der Waals surface area contributed by atoms with Gasteiger partial charge >= 0.3 is 0 Å². The van der Waals surface area contributed by atoms with Crippen molar-refractivity contribution in [2.75, 3.05) is 19.6 Å². The minimum atomic E-state index is -0.351. The van der Waals surface area contributed by atoms with Crippen LogP contribution in [-0.4, -0.2) is 30.4 Å². The molecular weight excluding hydrogens is 379 g/mol. The first-order valence-electron chi connectivity index (χ1n) is 9.50. The number of hydrogen-bond acceptors (Lipinski definition) is 3. The minimum Gasteiger partial charge on any atom is -0.451 e. The third kappa shape index (κ3) is 3.64. The molecule has 0 aliphatic carbocycles. The zero-order valence-electron chi connectivity index (χ0n) is 15.7. The Kier molecular flexibility index (Phi) is 5.38. The molecule has 0 unspecified atom stereocenters. The molecule has 1 fully saturated rings. The molecule has 146 valence electrons. The molecule has 1 saturated heterocycles. The Bertz CT molecular complexity index is 1010. The molecule has 1 N–H and O–H groups in total. The van der Waals surface area contributed by atoms with Gasteiger partial charge in [-0.2, -0.15) is 0 Å². The first-order chi connectivity index (χ1) is 13.5. The largest absolute Gasteiger partial charge is 0.451 e. The predicted octanol–water partition coefficient (Wildman–Crippen LogP) is 5.10. The standard InChI is InChI=1S/C22H22ClFN2O2/c1-14-17-12-15(24)8-9-20(17)28-21(14)22(27)25-13-19(26-10-4-5-11-26)16-6-2-3-7-18(16)23/h2-3,6-9,12,19H,4-5,10-11,13H2,1H3,(H,25,27)/t19-/m1/s1. The summed E-state index contributed by atoms with van der Waals surface area (Å²) in [5.41, 5.74) is 2.16. The molecule has 0 saturated carbocycles. The highest BCUT2D eigenvalue weighted by molar-refractivity contribution is 6.31. The highest BCUT2D eigenvalue weighted by atomic mass is 35.5. The number of nitrogens with zero attached hydrogens (tertiary/aromatic N) is 1. The van der Waals surface area contributed by atoms with E-state index < -0.39 is 0 Å². The van der Waals surface area contributed by atoms with Crippen LogP contribution in [0.25, 0.3) is 11.0 Å². The molecule has 1 aliphatic heterocycles. The molecule has 1 atom stereocenters. The average molecular weight is 401 g/mol. The Morgan fingerprint density at radius 1 is 1.25 bits per heavy atom. The summed E-state index contributed by atoms with van der Waals surface area (Å²) in [4.78, 5) is 15.2. The molecule has 0 spiro atoms. The number of furan rings is 1. The summed E-state index contributed by atoms with van der Waals surface area (Å²) in [6.45, 7) is 4.16. The van der Waals surface area contributed by atoms with E-state index in [1.54, 1.807) is 13.0 Å². The van der Waals surface area contributed by atoms with Crippen molar-refractivity contribution in [1.29, 1.82) is 0 Å². The molecule has 4 rings (SSSR count). The van der Waals surface area contributed by atoms with Gasteiger partial charge in [0.2, 0.25) is 0 Å². The monoisotopic (exact) mass is 400 g/mol. The zero-order chi connectivity index (χ0) is 19.7. The van der Waals surface area contributed by atoms with Gasteiger partial charge in [-0.05, 0) is 62.7 Å². The van der Waals surface area contributed by atoms with Crippen LogP contribution in [0.5, 0.6) is 0 Å². The van der Waals surface area contributed by atoms with Crippen molar-refractivity contribution < 1.29 is 13.6 Å². The summed E-state index contributed by atoms with van der Waals surface area (Å²) >= 11 is 6.43. The number of aryl methyl sites for hydroxylation is 1. The van der Waals surface area contributed by atoms with Crippen molar-refractivity contribution in [3.8, 4) is 0 Å². The molecule has 1 aliphatic rings. The van der Waals surface area contributed by atoms with E-state index in [0.717, 1.165) is 31.5 Å². The first-order valence-corrected chi connectivity index (χ1v) is 9.87. The molecular formula is C22H22ClFN2O2. The number of likely N-dealkylation sites (tertiary alicyclic amines) is 1. The Labute approximate surface area is 168 Å². The number of carbonyl (C=O) groups excluding carboxylic acids is 1. The van der Waals surface area contributed by atoms with E-state index in [2.05, 4.69) is 10.2 Å². The fourth-order valence-corrected chi connectivity index (χ4v) is 4.18. The Balaban J connectivity index is 1.56. The van der Waals surface area contributed by atoms with Gasteiger partial charge in [-0.15, -0.1) is 0 Å². The van der Waals surface area contributed by atoms with Crippen LogP contribution < -0.4 is 5.32 Å². The minimum absolute atomic E-state index is 0.00211. The number of amides is 1. The molecule has 0 radical (unpaired) electrons. The SMILES string of the molecule is Cc1c(C(=O)NC[C@H](c2ccccc2Cl)N2CCCC2)oc2ccc(F)cc12. The molecule has 2 heterocycles. The second-order valence-corrected chi connectivity index (χ2v) is 7.59. The van der Waals surface area contributed by atoms with E-state index in [-0.39, 0.29) is 23.5 Å². The second-order valence-electron chi connectivity index (χ2n) is 7.19. The van der Waals surface area contributed by atoms with Crippen LogP contribution in [0.1, 0.15) is 40.6 Å². The maximum Gasteiger partial charge on any atom is 0.287 e. The van der Waals surface area contributed by atoms with E-state index in [9.17, 15) is 9.18 Å². The fourth-order valence-electron chi connectivity index (χ4n) is 3.91. The lowest BCUT2D eigenvalue weighted by molar-refractivity contribution is 0.0911. The van der Waals surface area contributed by atoms with Crippen LogP contribution >= 0.6 is 11.6 Å². The van der Waals surface area contributed by atoms with Gasteiger partial charge in [-0.3, -0.25) is 9.69 Å². The third-order valence-electron chi connectivity index (χ3n) is 5.41. The topological polar surface area (TPSA) is 45.5 Å². The van der Waals surface area contributed by atoms with Gasteiger partial charge in [0, 0.05) is 22.5 Å². The number of carbonyl (C=O) groups is 1. The molecule has 28 heavy (non-hydrogen) atoms. The maximum absolute atomic E-state index is 13.5. The Hall–Kier alpha value is -2.37. The van der Waals surface area contributed by atoms with Crippen molar-refractivity contribution in [3.05, 3.63) is 70.2 Å². The summed E-state index contributed by atoms with van der Waals surface area (Å²) in [6.07, 6.45) is 2.28. The van der Waals surface area contributed by atoms with Crippen molar-refractivity contribution in [1.82, 2.24) is 10.2 Å². The number of nitrogens with one attached hydrogen (secondary N) is 1. The van der Waals surface area contributed by atoms with Crippen molar-refractivity contribution in [2.45, 2.75) is 25.8 Å². The van der Waals surface area contributed by atoms with Gasteiger partial charge in [0.15, 0.2) is 5.76 Å². The summed E-state index contributed by atoms with van der Waals surface area (Å²) in [6, 6.07) is 12.0. The van der Waals surface area contributed by atoms with Gasteiger partial charge in [0.1, 0.15) is 11.4 Å². The molecule has 0 bridgehead atoms. The normalized spacial score (nSPS) is 15.8. The molecule has 1 amide bonds. The molecule has 6 heteroatoms. The zero-order valence-corrected chi connectivity index (χ0v) is 16.4. The third-order valence-corrected chi connectivity index (χ3v) is 5.75. The predicted molar refractivity (Wildman–Crippen MR) is 108 cm³/mol. The average Bonchev–Trinajstić information content (AvgIpc) is 3.32. The summed E-state index contributed by atoms with van der Waals surface area (Å²) in [7, 11) is 0. The molecule has 3 aromatic rings. The maximum atomic E-state index is 13.5. The van der Waals surface area contributed by atoms with E-state index in [4.69, 9.17) is 16.0 Å². The number of benzene rings is 2. The van der Waals surface area contributed by atoms with Crippen LogP contribution in [0.3, 0.4) is 0 Å². The first kappa shape index (κ1) is 19.0. The number of fused-ring (bicyclic) bond motifs is 1. The van der Waals surface area contributed by atoms with Gasteiger partial charge in [0.05, 0.1) is 6.04 Å². The van der Waals surface area contributed by atoms with E-state index >= 15 is 0 Å². The van der Waals surface area contributed by atoms with Crippen molar-refractivity contribution in [3.63, 3.8) is 0 Å². The Morgan fingerprint density at radius 2 is 2.00 bits per heavy atom. The Morgan fingerprint density at radius 3 is 2.75 bits per heavy atom. The van der Waals surface area contributed by atoms with Gasteiger partial charge in [0.25, 0.3) is 5.91 Å². The lowest BCUT2D eigenvalue weighted by atomic mass is 10.1. The number of rotatable bonds is 5. The van der Waals surface area contributed by atoms with Crippen LogP contribution in [0.4, 0.5) is 4.39 Å². The van der Waals surface area contributed by atoms with Crippen LogP contribution in [-0.2, 0) is 0 Å². The summed E-state index contributed by atoms with van der Waals surface area (Å²) < 4.78 is 19.2. The summed E-state index contributed by atoms with van der Waals surface area (Å²) in [5, 5.41) is 4.31. The lowest BCUT2D eigenvalue weighted by Gasteiger charge is -2.28. The summed E-state index contributed by atoms with van der Waals surface area (Å²) in [5.74, 6) is -0.429. The van der Waals surface area contributed by atoms with Crippen LogP contribution in [0.15, 0.2) is 46.9 Å². The van der Waals surface area contributed by atoms with E-state index in [1.807, 2.05) is 24.3 Å².